The van der Waals surface area contributed by atoms with E-state index in [4.69, 9.17) is 9.47 Å². The van der Waals surface area contributed by atoms with Gasteiger partial charge >= 0.3 is 6.09 Å². The molecule has 0 atom stereocenters. The Morgan fingerprint density at radius 3 is 2.82 bits per heavy atom. The van der Waals surface area contributed by atoms with E-state index in [9.17, 15) is 4.79 Å². The molecule has 17 heavy (non-hydrogen) atoms. The summed E-state index contributed by atoms with van der Waals surface area (Å²) in [6.45, 7) is 4.19. The predicted molar refractivity (Wildman–Crippen MR) is 64.0 cm³/mol. The second kappa shape index (κ2) is 5.21. The van der Waals surface area contributed by atoms with Crippen LogP contribution in [0.2, 0.25) is 0 Å². The fourth-order valence-electron chi connectivity index (χ4n) is 1.53. The minimum atomic E-state index is -0.448. The summed E-state index contributed by atoms with van der Waals surface area (Å²) in [7, 11) is 0. The highest BCUT2D eigenvalue weighted by atomic mass is 16.6. The van der Waals surface area contributed by atoms with Crippen LogP contribution in [0.15, 0.2) is 48.7 Å². The average Bonchev–Trinajstić information content (AvgIpc) is 2.78. The zero-order valence-electron chi connectivity index (χ0n) is 9.31. The SMILES string of the molecule is C=CCOC(=C1COC(=O)N1)c1ccccc1. The molecule has 1 aliphatic heterocycles. The maximum absolute atomic E-state index is 11.0. The van der Waals surface area contributed by atoms with Crippen LogP contribution in [0.1, 0.15) is 5.56 Å². The van der Waals surface area contributed by atoms with Crippen molar-refractivity contribution in [2.45, 2.75) is 0 Å². The summed E-state index contributed by atoms with van der Waals surface area (Å²) in [5.74, 6) is 0.622. The molecule has 1 saturated heterocycles. The van der Waals surface area contributed by atoms with Gasteiger partial charge in [0, 0.05) is 5.56 Å². The summed E-state index contributed by atoms with van der Waals surface area (Å²) in [5, 5.41) is 2.62. The van der Waals surface area contributed by atoms with Crippen LogP contribution in [0.5, 0.6) is 0 Å². The molecule has 1 aliphatic rings. The van der Waals surface area contributed by atoms with Crippen molar-refractivity contribution in [2.24, 2.45) is 0 Å². The summed E-state index contributed by atoms with van der Waals surface area (Å²) >= 11 is 0. The summed E-state index contributed by atoms with van der Waals surface area (Å²) in [5.41, 5.74) is 1.54. The van der Waals surface area contributed by atoms with Crippen molar-refractivity contribution < 1.29 is 14.3 Å². The van der Waals surface area contributed by atoms with Gasteiger partial charge < -0.3 is 9.47 Å². The van der Waals surface area contributed by atoms with Gasteiger partial charge in [-0.3, -0.25) is 5.32 Å². The third-order valence-electron chi connectivity index (χ3n) is 2.26. The van der Waals surface area contributed by atoms with E-state index in [1.165, 1.54) is 0 Å². The zero-order chi connectivity index (χ0) is 12.1. The van der Waals surface area contributed by atoms with E-state index < -0.39 is 6.09 Å². The number of cyclic esters (lactones) is 1. The van der Waals surface area contributed by atoms with E-state index in [0.717, 1.165) is 5.56 Å². The molecule has 4 heteroatoms. The topological polar surface area (TPSA) is 47.6 Å². The normalized spacial score (nSPS) is 17.1. The van der Waals surface area contributed by atoms with Gasteiger partial charge in [-0.25, -0.2) is 4.79 Å². The molecule has 0 saturated carbocycles. The van der Waals surface area contributed by atoms with Gasteiger partial charge in [-0.05, 0) is 0 Å². The first kappa shape index (κ1) is 11.3. The second-order valence-electron chi connectivity index (χ2n) is 3.47. The Bertz CT molecular complexity index is 451. The van der Waals surface area contributed by atoms with Crippen molar-refractivity contribution >= 4 is 11.9 Å². The van der Waals surface area contributed by atoms with Gasteiger partial charge in [0.05, 0.1) is 0 Å². The van der Waals surface area contributed by atoms with Crippen LogP contribution >= 0.6 is 0 Å². The summed E-state index contributed by atoms with van der Waals surface area (Å²) < 4.78 is 10.4. The van der Waals surface area contributed by atoms with Crippen molar-refractivity contribution in [1.29, 1.82) is 0 Å². The van der Waals surface area contributed by atoms with Crippen LogP contribution in [0.25, 0.3) is 5.76 Å². The van der Waals surface area contributed by atoms with Gasteiger partial charge in [0.1, 0.15) is 24.7 Å². The van der Waals surface area contributed by atoms with Crippen LogP contribution in [0.3, 0.4) is 0 Å². The van der Waals surface area contributed by atoms with Gasteiger partial charge in [-0.15, -0.1) is 0 Å². The number of hydrogen-bond donors (Lipinski definition) is 1. The van der Waals surface area contributed by atoms with Gasteiger partial charge in [-0.1, -0.05) is 43.0 Å². The standard InChI is InChI=1S/C13H13NO3/c1-2-8-16-12(10-6-4-3-5-7-10)11-9-17-13(15)14-11/h2-7H,1,8-9H2,(H,14,15). The lowest BCUT2D eigenvalue weighted by Gasteiger charge is -2.11. The largest absolute Gasteiger partial charge is 0.487 e. The van der Waals surface area contributed by atoms with E-state index in [2.05, 4.69) is 11.9 Å². The number of amides is 1. The number of carbonyl (C=O) groups excluding carboxylic acids is 1. The first-order valence-corrected chi connectivity index (χ1v) is 5.27. The number of carbonyl (C=O) groups is 1. The van der Waals surface area contributed by atoms with Crippen LogP contribution in [0.4, 0.5) is 4.79 Å². The van der Waals surface area contributed by atoms with Crippen molar-refractivity contribution in [3.8, 4) is 0 Å². The highest BCUT2D eigenvalue weighted by Crippen LogP contribution is 2.21. The maximum atomic E-state index is 11.0. The maximum Gasteiger partial charge on any atom is 0.411 e. The van der Waals surface area contributed by atoms with Gasteiger partial charge in [0.25, 0.3) is 0 Å². The van der Waals surface area contributed by atoms with Crippen molar-refractivity contribution in [1.82, 2.24) is 5.32 Å². The molecule has 0 aliphatic carbocycles. The lowest BCUT2D eigenvalue weighted by molar-refractivity contribution is 0.179. The monoisotopic (exact) mass is 231 g/mol. The number of ether oxygens (including phenoxy) is 2. The number of hydrogen-bond acceptors (Lipinski definition) is 3. The smallest absolute Gasteiger partial charge is 0.411 e. The quantitative estimate of drug-likeness (QED) is 0.639. The Morgan fingerprint density at radius 2 is 2.24 bits per heavy atom. The van der Waals surface area contributed by atoms with Crippen LogP contribution in [-0.4, -0.2) is 19.3 Å². The molecule has 0 aromatic heterocycles. The Labute approximate surface area is 99.5 Å². The van der Waals surface area contributed by atoms with Gasteiger partial charge in [0.2, 0.25) is 0 Å². The molecular weight excluding hydrogens is 218 g/mol. The Morgan fingerprint density at radius 1 is 1.47 bits per heavy atom. The Balaban J connectivity index is 2.31. The number of nitrogens with one attached hydrogen (secondary N) is 1. The van der Waals surface area contributed by atoms with Crippen molar-refractivity contribution in [3.05, 3.63) is 54.2 Å². The highest BCUT2D eigenvalue weighted by Gasteiger charge is 2.21. The molecule has 0 radical (unpaired) electrons. The van der Waals surface area contributed by atoms with E-state index in [-0.39, 0.29) is 6.61 Å². The molecule has 4 nitrogen and oxygen atoms in total. The van der Waals surface area contributed by atoms with Gasteiger partial charge in [-0.2, -0.15) is 0 Å². The molecule has 1 N–H and O–H groups in total. The van der Waals surface area contributed by atoms with Crippen molar-refractivity contribution in [2.75, 3.05) is 13.2 Å². The number of alkyl carbamates (subject to hydrolysis) is 1. The molecule has 1 fully saturated rings. The molecule has 1 amide bonds. The van der Waals surface area contributed by atoms with E-state index in [1.807, 2.05) is 30.3 Å². The predicted octanol–water partition coefficient (Wildman–Crippen LogP) is 2.30. The molecule has 1 heterocycles. The molecule has 1 aromatic rings. The summed E-state index contributed by atoms with van der Waals surface area (Å²) in [4.78, 5) is 11.0. The zero-order valence-corrected chi connectivity index (χ0v) is 9.31. The molecule has 1 aromatic carbocycles. The molecule has 0 bridgehead atoms. The third kappa shape index (κ3) is 2.66. The fraction of sp³-hybridized carbons (Fsp3) is 0.154. The highest BCUT2D eigenvalue weighted by molar-refractivity contribution is 5.77. The van der Waals surface area contributed by atoms with E-state index in [0.29, 0.717) is 18.1 Å². The summed E-state index contributed by atoms with van der Waals surface area (Å²) in [6.07, 6.45) is 1.21. The summed E-state index contributed by atoms with van der Waals surface area (Å²) in [6, 6.07) is 9.56. The van der Waals surface area contributed by atoms with Crippen molar-refractivity contribution in [3.63, 3.8) is 0 Å². The number of rotatable bonds is 4. The molecule has 88 valence electrons. The first-order chi connectivity index (χ1) is 8.31. The molecule has 0 spiro atoms. The third-order valence-corrected chi connectivity index (χ3v) is 2.26. The molecule has 0 unspecified atom stereocenters. The fourth-order valence-corrected chi connectivity index (χ4v) is 1.53. The average molecular weight is 231 g/mol. The van der Waals surface area contributed by atoms with E-state index in [1.54, 1.807) is 6.08 Å². The van der Waals surface area contributed by atoms with Crippen LogP contribution < -0.4 is 5.32 Å². The first-order valence-electron chi connectivity index (χ1n) is 5.27. The minimum Gasteiger partial charge on any atom is -0.487 e. The van der Waals surface area contributed by atoms with E-state index >= 15 is 0 Å². The Kier molecular flexibility index (Phi) is 3.45. The lowest BCUT2D eigenvalue weighted by atomic mass is 10.1. The van der Waals surface area contributed by atoms with Gasteiger partial charge in [0.15, 0.2) is 0 Å². The van der Waals surface area contributed by atoms with Crippen LogP contribution in [0, 0.1) is 0 Å². The molecular formula is C13H13NO3. The number of benzene rings is 1. The second-order valence-corrected chi connectivity index (χ2v) is 3.47. The molecule has 2 rings (SSSR count). The Hall–Kier alpha value is -2.23. The van der Waals surface area contributed by atoms with Crippen LogP contribution in [-0.2, 0) is 9.47 Å². The lowest BCUT2D eigenvalue weighted by Crippen LogP contribution is -2.14. The minimum absolute atomic E-state index is 0.209.